The first kappa shape index (κ1) is 32.0. The molecule has 11 aromatic rings. The van der Waals surface area contributed by atoms with Crippen LogP contribution in [0.15, 0.2) is 200 Å². The summed E-state index contributed by atoms with van der Waals surface area (Å²) < 4.78 is 2.61. The zero-order valence-corrected chi connectivity index (χ0v) is 32.2. The lowest BCUT2D eigenvalue weighted by Gasteiger charge is -2.30. The fraction of sp³-hybridized carbons (Fsp3) is 0.0179. The maximum Gasteiger partial charge on any atom is 0.0788 e. The number of rotatable bonds is 3. The second-order valence-corrected chi connectivity index (χ2v) is 16.8. The van der Waals surface area contributed by atoms with E-state index in [4.69, 9.17) is 4.98 Å². The van der Waals surface area contributed by atoms with E-state index in [0.29, 0.717) is 0 Å². The molecule has 0 bridgehead atoms. The van der Waals surface area contributed by atoms with Crippen LogP contribution in [0.5, 0.6) is 0 Å². The molecule has 9 aromatic carbocycles. The molecular weight excluding hydrogens is 719 g/mol. The quantitative estimate of drug-likeness (QED) is 0.164. The van der Waals surface area contributed by atoms with Gasteiger partial charge in [-0.3, -0.25) is 0 Å². The fourth-order valence-corrected chi connectivity index (χ4v) is 11.7. The Kier molecular flexibility index (Phi) is 6.59. The van der Waals surface area contributed by atoms with Crippen molar-refractivity contribution < 1.29 is 0 Å². The molecule has 2 aromatic heterocycles. The summed E-state index contributed by atoms with van der Waals surface area (Å²) in [5.74, 6) is 0. The third-order valence-electron chi connectivity index (χ3n) is 12.9. The van der Waals surface area contributed by atoms with Crippen molar-refractivity contribution in [2.75, 3.05) is 0 Å². The van der Waals surface area contributed by atoms with Crippen molar-refractivity contribution in [1.29, 1.82) is 0 Å². The van der Waals surface area contributed by atoms with Crippen LogP contribution in [-0.2, 0) is 5.41 Å². The van der Waals surface area contributed by atoms with E-state index in [1.54, 1.807) is 0 Å². The lowest BCUT2D eigenvalue weighted by molar-refractivity contribution is 0.794. The van der Waals surface area contributed by atoms with Crippen LogP contribution in [0, 0.1) is 0 Å². The average molecular weight is 752 g/mol. The molecule has 13 rings (SSSR count). The van der Waals surface area contributed by atoms with E-state index in [2.05, 4.69) is 200 Å². The zero-order valence-electron chi connectivity index (χ0n) is 31.4. The van der Waals surface area contributed by atoms with Crippen LogP contribution >= 0.6 is 11.3 Å². The van der Waals surface area contributed by atoms with Gasteiger partial charge in [0.1, 0.15) is 0 Å². The minimum Gasteiger partial charge on any atom is -0.247 e. The predicted octanol–water partition coefficient (Wildman–Crippen LogP) is 15.1. The molecule has 0 radical (unpaired) electrons. The number of nitrogens with zero attached hydrogens (tertiary/aromatic N) is 1. The van der Waals surface area contributed by atoms with Gasteiger partial charge in [0.05, 0.1) is 16.6 Å². The van der Waals surface area contributed by atoms with Crippen LogP contribution in [0.3, 0.4) is 0 Å². The standard InChI is InChI=1S/C56H33NS/c1-2-14-34(15-3-1)54-45-30-29-43-46-32-35(27-31-52(46)58-55(43)53(45)44-21-9-13-25-51(44)57-54)37-16-4-5-17-38(37)36-26-28-42-41-20-8-12-24-49(41)56(50(42)33-36)47-22-10-6-18-39(47)40-19-7-11-23-48(40)56/h1-33H. The molecule has 2 heterocycles. The number of benzene rings is 9. The Balaban J connectivity index is 1.01. The van der Waals surface area contributed by atoms with Gasteiger partial charge in [-0.05, 0) is 91.0 Å². The Morgan fingerprint density at radius 3 is 1.57 bits per heavy atom. The summed E-state index contributed by atoms with van der Waals surface area (Å²) in [5.41, 5.74) is 18.5. The van der Waals surface area contributed by atoms with Crippen molar-refractivity contribution in [3.8, 4) is 55.8 Å². The van der Waals surface area contributed by atoms with Crippen molar-refractivity contribution in [1.82, 2.24) is 4.98 Å². The SMILES string of the molecule is c1ccc(-c2nc3ccccc3c3c2ccc2c4cc(-c5ccccc5-c5ccc6c(c5)C5(c7ccccc7-c7ccccc75)c5ccccc5-6)ccc4sc23)cc1. The third-order valence-corrected chi connectivity index (χ3v) is 14.1. The molecule has 1 spiro atoms. The van der Waals surface area contributed by atoms with Gasteiger partial charge in [0.25, 0.3) is 0 Å². The van der Waals surface area contributed by atoms with Crippen LogP contribution in [0.25, 0.3) is 97.6 Å². The second-order valence-electron chi connectivity index (χ2n) is 15.7. The highest BCUT2D eigenvalue weighted by Gasteiger charge is 2.51. The van der Waals surface area contributed by atoms with Crippen molar-refractivity contribution in [2.45, 2.75) is 5.41 Å². The Morgan fingerprint density at radius 2 is 0.879 bits per heavy atom. The van der Waals surface area contributed by atoms with Crippen molar-refractivity contribution in [3.63, 3.8) is 0 Å². The van der Waals surface area contributed by atoms with E-state index < -0.39 is 0 Å². The van der Waals surface area contributed by atoms with Crippen molar-refractivity contribution >= 4 is 53.2 Å². The maximum absolute atomic E-state index is 5.21. The zero-order chi connectivity index (χ0) is 38.0. The normalized spacial score (nSPS) is 13.3. The van der Waals surface area contributed by atoms with Crippen LogP contribution in [0.1, 0.15) is 22.3 Å². The van der Waals surface area contributed by atoms with E-state index in [1.807, 2.05) is 11.3 Å². The summed E-state index contributed by atoms with van der Waals surface area (Å²) in [4.78, 5) is 5.21. The highest BCUT2D eigenvalue weighted by atomic mass is 32.1. The molecule has 58 heavy (non-hydrogen) atoms. The van der Waals surface area contributed by atoms with E-state index in [0.717, 1.165) is 16.8 Å². The Labute approximate surface area is 340 Å². The van der Waals surface area contributed by atoms with Crippen LogP contribution in [0.4, 0.5) is 0 Å². The molecule has 0 N–H and O–H groups in total. The van der Waals surface area contributed by atoms with Gasteiger partial charge in [-0.15, -0.1) is 11.3 Å². The van der Waals surface area contributed by atoms with Gasteiger partial charge in [0.2, 0.25) is 0 Å². The van der Waals surface area contributed by atoms with Gasteiger partial charge in [-0.2, -0.15) is 0 Å². The molecule has 2 heteroatoms. The third kappa shape index (κ3) is 4.22. The molecule has 0 amide bonds. The number of para-hydroxylation sites is 1. The summed E-state index contributed by atoms with van der Waals surface area (Å²) in [6.45, 7) is 0. The molecule has 0 aliphatic heterocycles. The number of fused-ring (bicyclic) bond motifs is 17. The highest BCUT2D eigenvalue weighted by Crippen LogP contribution is 2.63. The van der Waals surface area contributed by atoms with E-state index in [9.17, 15) is 0 Å². The molecule has 268 valence electrons. The molecule has 0 unspecified atom stereocenters. The molecule has 0 saturated heterocycles. The van der Waals surface area contributed by atoms with E-state index >= 15 is 0 Å². The number of pyridine rings is 1. The smallest absolute Gasteiger partial charge is 0.0788 e. The average Bonchev–Trinajstić information content (AvgIpc) is 3.92. The number of hydrogen-bond acceptors (Lipinski definition) is 2. The van der Waals surface area contributed by atoms with Gasteiger partial charge in [-0.25, -0.2) is 4.98 Å². The predicted molar refractivity (Wildman–Crippen MR) is 245 cm³/mol. The summed E-state index contributed by atoms with van der Waals surface area (Å²) in [5, 5.41) is 6.26. The van der Waals surface area contributed by atoms with Crippen LogP contribution in [-0.4, -0.2) is 4.98 Å². The van der Waals surface area contributed by atoms with Gasteiger partial charge in [0, 0.05) is 41.9 Å². The Bertz CT molecular complexity index is 3450. The number of thiophene rings is 1. The topological polar surface area (TPSA) is 12.9 Å². The van der Waals surface area contributed by atoms with Gasteiger partial charge in [0.15, 0.2) is 0 Å². The molecular formula is C56H33NS. The second kappa shape index (κ2) is 11.9. The Hall–Kier alpha value is -7.13. The summed E-state index contributed by atoms with van der Waals surface area (Å²) in [6, 6.07) is 74.2. The molecule has 2 aliphatic carbocycles. The van der Waals surface area contributed by atoms with Crippen molar-refractivity contribution in [2.24, 2.45) is 0 Å². The number of aromatic nitrogens is 1. The van der Waals surface area contributed by atoms with Crippen LogP contribution < -0.4 is 0 Å². The van der Waals surface area contributed by atoms with E-state index in [1.165, 1.54) is 103 Å². The summed E-state index contributed by atoms with van der Waals surface area (Å²) in [6.07, 6.45) is 0. The lowest BCUT2D eigenvalue weighted by Crippen LogP contribution is -2.25. The summed E-state index contributed by atoms with van der Waals surface area (Å²) >= 11 is 1.89. The first-order chi connectivity index (χ1) is 28.8. The lowest BCUT2D eigenvalue weighted by atomic mass is 9.70. The van der Waals surface area contributed by atoms with Gasteiger partial charge >= 0.3 is 0 Å². The molecule has 0 saturated carbocycles. The first-order valence-electron chi connectivity index (χ1n) is 20.0. The molecule has 0 atom stereocenters. The van der Waals surface area contributed by atoms with Gasteiger partial charge < -0.3 is 0 Å². The number of hydrogen-bond donors (Lipinski definition) is 0. The minimum atomic E-state index is -0.374. The van der Waals surface area contributed by atoms with Crippen LogP contribution in [0.2, 0.25) is 0 Å². The fourth-order valence-electron chi connectivity index (χ4n) is 10.5. The Morgan fingerprint density at radius 1 is 0.345 bits per heavy atom. The maximum atomic E-state index is 5.21. The highest BCUT2D eigenvalue weighted by molar-refractivity contribution is 7.26. The van der Waals surface area contributed by atoms with Crippen molar-refractivity contribution in [3.05, 3.63) is 222 Å². The molecule has 2 aliphatic rings. The van der Waals surface area contributed by atoms with E-state index in [-0.39, 0.29) is 5.41 Å². The van der Waals surface area contributed by atoms with Gasteiger partial charge in [-0.1, -0.05) is 176 Å². The first-order valence-corrected chi connectivity index (χ1v) is 20.9. The monoisotopic (exact) mass is 751 g/mol. The minimum absolute atomic E-state index is 0.374. The molecule has 1 nitrogen and oxygen atoms in total. The summed E-state index contributed by atoms with van der Waals surface area (Å²) in [7, 11) is 0. The molecule has 0 fully saturated rings. The largest absolute Gasteiger partial charge is 0.247 e.